The third-order valence-electron chi connectivity index (χ3n) is 0.974. The Morgan fingerprint density at radius 2 is 2.57 bits per heavy atom. The van der Waals surface area contributed by atoms with Crippen molar-refractivity contribution in [3.8, 4) is 0 Å². The van der Waals surface area contributed by atoms with Crippen LogP contribution in [-0.4, -0.2) is 12.6 Å². The zero-order chi connectivity index (χ0) is 5.11. The third kappa shape index (κ3) is 1.29. The van der Waals surface area contributed by atoms with Gasteiger partial charge in [0, 0.05) is 12.6 Å². The zero-order valence-corrected chi connectivity index (χ0v) is 4.44. The normalized spacial score (nSPS) is 30.7. The van der Waals surface area contributed by atoms with Crippen LogP contribution in [0.5, 0.6) is 0 Å². The topological polar surface area (TPSA) is 24.1 Å². The van der Waals surface area contributed by atoms with E-state index in [1.165, 1.54) is 0 Å². The van der Waals surface area contributed by atoms with Crippen LogP contribution in [0.4, 0.5) is 0 Å². The summed E-state index contributed by atoms with van der Waals surface area (Å²) in [5.41, 5.74) is 6.04. The Morgan fingerprint density at radius 3 is 2.86 bits per heavy atom. The second kappa shape index (κ2) is 2.09. The Balaban J connectivity index is 2.36. The highest BCUT2D eigenvalue weighted by atomic mass is 15.4. The minimum atomic E-state index is 0.494. The SMILES string of the molecule is CC1C=CCNN1. The van der Waals surface area contributed by atoms with Crippen molar-refractivity contribution in [2.75, 3.05) is 6.54 Å². The molecule has 1 aliphatic rings. The van der Waals surface area contributed by atoms with Gasteiger partial charge >= 0.3 is 0 Å². The molecule has 0 aromatic rings. The van der Waals surface area contributed by atoms with Crippen molar-refractivity contribution in [2.24, 2.45) is 0 Å². The first-order chi connectivity index (χ1) is 3.39. The molecule has 0 radical (unpaired) electrons. The lowest BCUT2D eigenvalue weighted by molar-refractivity contribution is 0.507. The van der Waals surface area contributed by atoms with Crippen LogP contribution >= 0.6 is 0 Å². The predicted molar refractivity (Wildman–Crippen MR) is 29.7 cm³/mol. The standard InChI is InChI=1S/C5H10N2/c1-5-3-2-4-6-7-5/h2-3,5-7H,4H2,1H3. The maximum absolute atomic E-state index is 3.05. The molecule has 1 atom stereocenters. The highest BCUT2D eigenvalue weighted by Gasteiger charge is 1.95. The summed E-state index contributed by atoms with van der Waals surface area (Å²) >= 11 is 0. The Hall–Kier alpha value is -0.340. The molecule has 2 heteroatoms. The number of rotatable bonds is 0. The average molecular weight is 98.1 g/mol. The number of hydrogen-bond donors (Lipinski definition) is 2. The van der Waals surface area contributed by atoms with Crippen molar-refractivity contribution in [1.29, 1.82) is 0 Å². The van der Waals surface area contributed by atoms with Crippen LogP contribution in [0.1, 0.15) is 6.92 Å². The quantitative estimate of drug-likeness (QED) is 0.418. The molecule has 2 nitrogen and oxygen atoms in total. The van der Waals surface area contributed by atoms with Crippen molar-refractivity contribution < 1.29 is 0 Å². The van der Waals surface area contributed by atoms with Crippen molar-refractivity contribution in [1.82, 2.24) is 10.9 Å². The van der Waals surface area contributed by atoms with Gasteiger partial charge in [-0.3, -0.25) is 10.9 Å². The van der Waals surface area contributed by atoms with Gasteiger partial charge in [-0.15, -0.1) is 0 Å². The fraction of sp³-hybridized carbons (Fsp3) is 0.600. The van der Waals surface area contributed by atoms with Gasteiger partial charge in [0.25, 0.3) is 0 Å². The molecule has 0 aromatic heterocycles. The van der Waals surface area contributed by atoms with E-state index in [0.29, 0.717) is 6.04 Å². The van der Waals surface area contributed by atoms with Gasteiger partial charge in [0.1, 0.15) is 0 Å². The van der Waals surface area contributed by atoms with Crippen LogP contribution in [0, 0.1) is 0 Å². The maximum Gasteiger partial charge on any atom is 0.0365 e. The summed E-state index contributed by atoms with van der Waals surface area (Å²) in [5, 5.41) is 0. The lowest BCUT2D eigenvalue weighted by Gasteiger charge is -2.13. The molecular weight excluding hydrogens is 88.1 g/mol. The monoisotopic (exact) mass is 98.1 g/mol. The molecule has 1 unspecified atom stereocenters. The number of hydrazine groups is 1. The van der Waals surface area contributed by atoms with Gasteiger partial charge in [-0.1, -0.05) is 12.2 Å². The van der Waals surface area contributed by atoms with Crippen LogP contribution < -0.4 is 10.9 Å². The summed E-state index contributed by atoms with van der Waals surface area (Å²) in [5.74, 6) is 0. The van der Waals surface area contributed by atoms with Gasteiger partial charge in [0.05, 0.1) is 0 Å². The lowest BCUT2D eigenvalue weighted by atomic mass is 10.3. The van der Waals surface area contributed by atoms with E-state index in [0.717, 1.165) is 6.54 Å². The van der Waals surface area contributed by atoms with E-state index in [-0.39, 0.29) is 0 Å². The molecule has 0 fully saturated rings. The molecule has 0 spiro atoms. The van der Waals surface area contributed by atoms with Crippen LogP contribution in [0.2, 0.25) is 0 Å². The van der Waals surface area contributed by atoms with Gasteiger partial charge in [-0.25, -0.2) is 0 Å². The van der Waals surface area contributed by atoms with E-state index in [4.69, 9.17) is 0 Å². The molecule has 40 valence electrons. The smallest absolute Gasteiger partial charge is 0.0365 e. The second-order valence-electron chi connectivity index (χ2n) is 1.74. The van der Waals surface area contributed by atoms with E-state index in [9.17, 15) is 0 Å². The molecular formula is C5H10N2. The van der Waals surface area contributed by atoms with Crippen LogP contribution in [0.15, 0.2) is 12.2 Å². The average Bonchev–Trinajstić information content (AvgIpc) is 1.69. The van der Waals surface area contributed by atoms with E-state index >= 15 is 0 Å². The first-order valence-corrected chi connectivity index (χ1v) is 2.54. The molecule has 0 amide bonds. The first kappa shape index (κ1) is 4.81. The molecule has 0 aliphatic carbocycles. The van der Waals surface area contributed by atoms with Crippen LogP contribution in [0.25, 0.3) is 0 Å². The van der Waals surface area contributed by atoms with Gasteiger partial charge in [0.2, 0.25) is 0 Å². The molecule has 0 aromatic carbocycles. The summed E-state index contributed by atoms with van der Waals surface area (Å²) in [6.45, 7) is 3.05. The second-order valence-corrected chi connectivity index (χ2v) is 1.74. The summed E-state index contributed by atoms with van der Waals surface area (Å²) in [6.07, 6.45) is 4.25. The molecule has 0 saturated heterocycles. The summed E-state index contributed by atoms with van der Waals surface area (Å²) < 4.78 is 0. The minimum Gasteiger partial charge on any atom is -0.253 e. The Kier molecular flexibility index (Phi) is 1.44. The highest BCUT2D eigenvalue weighted by molar-refractivity contribution is 4.94. The predicted octanol–water partition coefficient (Wildman–Crippen LogP) is 0.0389. The van der Waals surface area contributed by atoms with Gasteiger partial charge in [-0.2, -0.15) is 0 Å². The van der Waals surface area contributed by atoms with Crippen molar-refractivity contribution in [2.45, 2.75) is 13.0 Å². The van der Waals surface area contributed by atoms with Gasteiger partial charge in [-0.05, 0) is 6.92 Å². The van der Waals surface area contributed by atoms with Gasteiger partial charge in [0.15, 0.2) is 0 Å². The summed E-state index contributed by atoms with van der Waals surface area (Å²) in [6, 6.07) is 0.494. The van der Waals surface area contributed by atoms with Crippen LogP contribution in [-0.2, 0) is 0 Å². The third-order valence-corrected chi connectivity index (χ3v) is 0.974. The summed E-state index contributed by atoms with van der Waals surface area (Å²) in [7, 11) is 0. The molecule has 1 rings (SSSR count). The molecule has 2 N–H and O–H groups in total. The lowest BCUT2D eigenvalue weighted by Crippen LogP contribution is -2.40. The van der Waals surface area contributed by atoms with Crippen molar-refractivity contribution in [3.05, 3.63) is 12.2 Å². The minimum absolute atomic E-state index is 0.494. The first-order valence-electron chi connectivity index (χ1n) is 2.54. The Labute approximate surface area is 43.6 Å². The van der Waals surface area contributed by atoms with Crippen molar-refractivity contribution >= 4 is 0 Å². The van der Waals surface area contributed by atoms with Gasteiger partial charge < -0.3 is 0 Å². The number of nitrogens with one attached hydrogen (secondary N) is 2. The molecule has 1 aliphatic heterocycles. The molecule has 1 heterocycles. The van der Waals surface area contributed by atoms with Crippen molar-refractivity contribution in [3.63, 3.8) is 0 Å². The van der Waals surface area contributed by atoms with E-state index < -0.39 is 0 Å². The zero-order valence-electron chi connectivity index (χ0n) is 4.44. The van der Waals surface area contributed by atoms with E-state index in [1.54, 1.807) is 0 Å². The Bertz CT molecular complexity index is 78.1. The molecule has 7 heavy (non-hydrogen) atoms. The fourth-order valence-corrected chi connectivity index (χ4v) is 0.599. The number of hydrogen-bond acceptors (Lipinski definition) is 2. The highest BCUT2D eigenvalue weighted by Crippen LogP contribution is 1.84. The fourth-order valence-electron chi connectivity index (χ4n) is 0.599. The molecule has 0 bridgehead atoms. The summed E-state index contributed by atoms with van der Waals surface area (Å²) in [4.78, 5) is 0. The van der Waals surface area contributed by atoms with E-state index in [1.807, 2.05) is 0 Å². The molecule has 0 saturated carbocycles. The largest absolute Gasteiger partial charge is 0.253 e. The van der Waals surface area contributed by atoms with E-state index in [2.05, 4.69) is 29.9 Å². The van der Waals surface area contributed by atoms with Crippen LogP contribution in [0.3, 0.4) is 0 Å². The maximum atomic E-state index is 3.05. The Morgan fingerprint density at radius 1 is 1.71 bits per heavy atom.